The summed E-state index contributed by atoms with van der Waals surface area (Å²) < 4.78 is 77.2. The van der Waals surface area contributed by atoms with E-state index in [0.29, 0.717) is 43.9 Å². The van der Waals surface area contributed by atoms with E-state index in [1.807, 2.05) is 4.90 Å². The molecule has 1 aliphatic heterocycles. The van der Waals surface area contributed by atoms with Crippen molar-refractivity contribution >= 4 is 11.8 Å². The number of carbonyl (C=O) groups excluding carboxylic acids is 2. The number of halogens is 6. The van der Waals surface area contributed by atoms with Crippen LogP contribution in [0.5, 0.6) is 0 Å². The molecule has 7 nitrogen and oxygen atoms in total. The van der Waals surface area contributed by atoms with E-state index in [4.69, 9.17) is 0 Å². The van der Waals surface area contributed by atoms with Gasteiger partial charge in [-0.15, -0.1) is 0 Å². The first-order chi connectivity index (χ1) is 18.7. The lowest BCUT2D eigenvalue weighted by atomic mass is 9.77. The highest BCUT2D eigenvalue weighted by molar-refractivity contribution is 5.96. The summed E-state index contributed by atoms with van der Waals surface area (Å²) in [6.07, 6.45) is -8.30. The van der Waals surface area contributed by atoms with Gasteiger partial charge in [-0.3, -0.25) is 14.5 Å². The molecule has 40 heavy (non-hydrogen) atoms. The maximum atomic E-state index is 12.9. The third-order valence-corrected chi connectivity index (χ3v) is 7.57. The fraction of sp³-hybridized carbons (Fsp3) is 0.481. The van der Waals surface area contributed by atoms with Gasteiger partial charge in [-0.05, 0) is 61.6 Å². The lowest BCUT2D eigenvalue weighted by Crippen LogP contribution is -2.47. The summed E-state index contributed by atoms with van der Waals surface area (Å²) in [5, 5.41) is 26.5. The third kappa shape index (κ3) is 6.94. The molecule has 2 aromatic carbocycles. The van der Waals surface area contributed by atoms with Crippen LogP contribution in [0.25, 0.3) is 0 Å². The van der Waals surface area contributed by atoms with Crippen LogP contribution in [0.1, 0.15) is 52.7 Å². The lowest BCUT2D eigenvalue weighted by Gasteiger charge is -2.40. The summed E-state index contributed by atoms with van der Waals surface area (Å²) >= 11 is 0. The average molecular weight is 574 g/mol. The van der Waals surface area contributed by atoms with Gasteiger partial charge >= 0.3 is 12.4 Å². The Kier molecular flexibility index (Phi) is 8.48. The SMILES string of the molecule is O=C(CNC(=O)c1cccc(C(F)(F)F)c1)N[C@H]1CN(C2CCC(O)(c3ccc(C(F)(F)F)cc3)CC2)C[C@@H]1O. The van der Waals surface area contributed by atoms with Crippen LogP contribution in [0.15, 0.2) is 48.5 Å². The Hall–Kier alpha value is -3.16. The van der Waals surface area contributed by atoms with Gasteiger partial charge in [-0.2, -0.15) is 26.3 Å². The van der Waals surface area contributed by atoms with Crippen molar-refractivity contribution in [2.75, 3.05) is 19.6 Å². The molecule has 2 aliphatic rings. The van der Waals surface area contributed by atoms with Gasteiger partial charge in [-0.1, -0.05) is 18.2 Å². The van der Waals surface area contributed by atoms with E-state index in [9.17, 15) is 46.1 Å². The minimum atomic E-state index is -4.61. The van der Waals surface area contributed by atoms with Crippen molar-refractivity contribution in [2.45, 2.75) is 61.8 Å². The maximum absolute atomic E-state index is 12.9. The number of hydrogen-bond acceptors (Lipinski definition) is 5. The van der Waals surface area contributed by atoms with Crippen molar-refractivity contribution in [1.29, 1.82) is 0 Å². The molecule has 4 rings (SSSR count). The summed E-state index contributed by atoms with van der Waals surface area (Å²) in [5.41, 5.74) is -2.87. The van der Waals surface area contributed by atoms with Gasteiger partial charge in [-0.25, -0.2) is 0 Å². The number of β-amino-alcohol motifs (C(OH)–C–C–N with tert-alkyl or cyclic N) is 1. The van der Waals surface area contributed by atoms with Crippen LogP contribution in [-0.2, 0) is 22.7 Å². The Labute approximate surface area is 226 Å². The van der Waals surface area contributed by atoms with E-state index in [2.05, 4.69) is 10.6 Å². The molecule has 2 atom stereocenters. The number of carbonyl (C=O) groups is 2. The molecule has 0 aromatic heterocycles. The largest absolute Gasteiger partial charge is 0.416 e. The van der Waals surface area contributed by atoms with Gasteiger partial charge in [0.05, 0.1) is 35.4 Å². The Bertz CT molecular complexity index is 1210. The highest BCUT2D eigenvalue weighted by Gasteiger charge is 2.41. The Morgan fingerprint density at radius 3 is 2.15 bits per heavy atom. The minimum absolute atomic E-state index is 0.0214. The fourth-order valence-corrected chi connectivity index (χ4v) is 5.32. The number of nitrogens with zero attached hydrogens (tertiary/aromatic N) is 1. The fourth-order valence-electron chi connectivity index (χ4n) is 5.32. The molecule has 2 amide bonds. The molecule has 2 aromatic rings. The first-order valence-corrected chi connectivity index (χ1v) is 12.7. The van der Waals surface area contributed by atoms with Crippen LogP contribution in [0.2, 0.25) is 0 Å². The number of amides is 2. The molecule has 0 spiro atoms. The van der Waals surface area contributed by atoms with E-state index in [1.165, 1.54) is 18.2 Å². The topological polar surface area (TPSA) is 102 Å². The van der Waals surface area contributed by atoms with E-state index < -0.39 is 59.6 Å². The van der Waals surface area contributed by atoms with Crippen LogP contribution in [0, 0.1) is 0 Å². The first kappa shape index (κ1) is 29.8. The summed E-state index contributed by atoms with van der Waals surface area (Å²) in [7, 11) is 0. The second kappa shape index (κ2) is 11.4. The van der Waals surface area contributed by atoms with Gasteiger partial charge in [0, 0.05) is 24.7 Å². The van der Waals surface area contributed by atoms with Crippen LogP contribution in [0.3, 0.4) is 0 Å². The Morgan fingerprint density at radius 2 is 1.55 bits per heavy atom. The summed E-state index contributed by atoms with van der Waals surface area (Å²) in [6, 6.07) is 7.63. The first-order valence-electron chi connectivity index (χ1n) is 12.7. The maximum Gasteiger partial charge on any atom is 0.416 e. The Balaban J connectivity index is 1.25. The second-order valence-corrected chi connectivity index (χ2v) is 10.3. The standard InChI is InChI=1S/C27H29F6N3O4/c28-26(29,30)18-6-4-17(5-7-18)25(40)10-8-20(9-11-25)36-14-21(22(37)15-36)35-23(38)13-34-24(39)16-2-1-3-19(12-16)27(31,32)33/h1-7,12,20-22,37,40H,8-11,13-15H2,(H,34,39)(H,35,38)/t20?,21-,22-,25?/m0/s1. The normalized spacial score (nSPS) is 25.9. The molecular formula is C27H29F6N3O4. The molecule has 1 aliphatic carbocycles. The monoisotopic (exact) mass is 573 g/mol. The number of likely N-dealkylation sites (tertiary alicyclic amines) is 1. The molecular weight excluding hydrogens is 544 g/mol. The number of nitrogens with one attached hydrogen (secondary N) is 2. The molecule has 4 N–H and O–H groups in total. The van der Waals surface area contributed by atoms with Crippen LogP contribution in [0.4, 0.5) is 26.3 Å². The summed E-state index contributed by atoms with van der Waals surface area (Å²) in [6.45, 7) is 0.0602. The van der Waals surface area contributed by atoms with Gasteiger partial charge < -0.3 is 20.8 Å². The quantitative estimate of drug-likeness (QED) is 0.397. The van der Waals surface area contributed by atoms with Crippen molar-refractivity contribution in [3.05, 3.63) is 70.8 Å². The number of benzene rings is 2. The summed E-state index contributed by atoms with van der Waals surface area (Å²) in [5.74, 6) is -1.47. The molecule has 2 fully saturated rings. The van der Waals surface area contributed by atoms with Crippen LogP contribution in [-0.4, -0.2) is 64.7 Å². The molecule has 0 radical (unpaired) electrons. The smallest absolute Gasteiger partial charge is 0.390 e. The van der Waals surface area contributed by atoms with Crippen molar-refractivity contribution in [3.63, 3.8) is 0 Å². The van der Waals surface area contributed by atoms with Crippen molar-refractivity contribution < 1.29 is 46.1 Å². The van der Waals surface area contributed by atoms with Gasteiger partial charge in [0.1, 0.15) is 0 Å². The predicted molar refractivity (Wildman–Crippen MR) is 131 cm³/mol. The molecule has 13 heteroatoms. The Morgan fingerprint density at radius 1 is 0.925 bits per heavy atom. The van der Waals surface area contributed by atoms with E-state index >= 15 is 0 Å². The number of rotatable bonds is 6. The lowest BCUT2D eigenvalue weighted by molar-refractivity contribution is -0.138. The number of hydrogen-bond donors (Lipinski definition) is 4. The average Bonchev–Trinajstić information content (AvgIpc) is 3.26. The summed E-state index contributed by atoms with van der Waals surface area (Å²) in [4.78, 5) is 26.6. The highest BCUT2D eigenvalue weighted by Crippen LogP contribution is 2.40. The van der Waals surface area contributed by atoms with Crippen LogP contribution >= 0.6 is 0 Å². The molecule has 1 saturated heterocycles. The zero-order valence-electron chi connectivity index (χ0n) is 21.2. The van der Waals surface area contributed by atoms with Gasteiger partial charge in [0.25, 0.3) is 5.91 Å². The van der Waals surface area contributed by atoms with E-state index in [-0.39, 0.29) is 18.2 Å². The van der Waals surface area contributed by atoms with E-state index in [1.54, 1.807) is 0 Å². The molecule has 0 bridgehead atoms. The zero-order chi connectivity index (χ0) is 29.3. The van der Waals surface area contributed by atoms with Crippen molar-refractivity contribution in [2.24, 2.45) is 0 Å². The van der Waals surface area contributed by atoms with Crippen molar-refractivity contribution in [1.82, 2.24) is 15.5 Å². The van der Waals surface area contributed by atoms with Gasteiger partial charge in [0.2, 0.25) is 5.91 Å². The van der Waals surface area contributed by atoms with Gasteiger partial charge in [0.15, 0.2) is 0 Å². The van der Waals surface area contributed by atoms with Crippen LogP contribution < -0.4 is 10.6 Å². The number of alkyl halides is 6. The molecule has 0 unspecified atom stereocenters. The predicted octanol–water partition coefficient (Wildman–Crippen LogP) is 3.45. The van der Waals surface area contributed by atoms with Crippen molar-refractivity contribution in [3.8, 4) is 0 Å². The molecule has 218 valence electrons. The third-order valence-electron chi connectivity index (χ3n) is 7.57. The molecule has 1 saturated carbocycles. The second-order valence-electron chi connectivity index (χ2n) is 10.3. The molecule has 1 heterocycles. The number of aliphatic hydroxyl groups excluding tert-OH is 1. The minimum Gasteiger partial charge on any atom is -0.390 e. The highest BCUT2D eigenvalue weighted by atomic mass is 19.4. The zero-order valence-corrected chi connectivity index (χ0v) is 21.2. The van der Waals surface area contributed by atoms with E-state index in [0.717, 1.165) is 24.3 Å². The number of aliphatic hydroxyl groups is 2.